The lowest BCUT2D eigenvalue weighted by Crippen LogP contribution is -2.64. The first kappa shape index (κ1) is 14.7. The average Bonchev–Trinajstić information content (AvgIpc) is 2.37. The van der Waals surface area contributed by atoms with E-state index in [1.165, 1.54) is 0 Å². The van der Waals surface area contributed by atoms with Crippen LogP contribution in [0.5, 0.6) is 0 Å². The highest BCUT2D eigenvalue weighted by molar-refractivity contribution is 5.73. The number of rotatable bonds is 3. The maximum Gasteiger partial charge on any atom is 0.340 e. The number of nitroso groups, excluding NO2 is 1. The van der Waals surface area contributed by atoms with Gasteiger partial charge in [0.05, 0.1) is 11.9 Å². The number of hydrogen-bond donors (Lipinski definition) is 5. The van der Waals surface area contributed by atoms with Gasteiger partial charge in [-0.15, -0.1) is 4.91 Å². The Morgan fingerprint density at radius 1 is 1.39 bits per heavy atom. The van der Waals surface area contributed by atoms with Crippen LogP contribution in [-0.2, 0) is 4.74 Å². The normalized spacial score (nSPS) is 35.9. The van der Waals surface area contributed by atoms with Crippen molar-refractivity contribution >= 4 is 6.03 Å². The SMILES string of the molecule is CN(N=O)C(=O)N[C@@H]1C(O)OC(CO)[C@@H](O)[C@@H]1O. The molecule has 0 aromatic heterocycles. The first-order valence-corrected chi connectivity index (χ1v) is 5.10. The summed E-state index contributed by atoms with van der Waals surface area (Å²) < 4.78 is 4.80. The molecule has 5 atom stereocenters. The Balaban J connectivity index is 2.71. The number of carbonyl (C=O) groups is 1. The van der Waals surface area contributed by atoms with Crippen LogP contribution < -0.4 is 5.32 Å². The van der Waals surface area contributed by atoms with Gasteiger partial charge in [-0.05, 0) is 0 Å². The van der Waals surface area contributed by atoms with Gasteiger partial charge in [0.1, 0.15) is 24.4 Å². The summed E-state index contributed by atoms with van der Waals surface area (Å²) in [7, 11) is 1.07. The van der Waals surface area contributed by atoms with Gasteiger partial charge in [0.2, 0.25) is 0 Å². The van der Waals surface area contributed by atoms with Crippen LogP contribution in [-0.4, -0.2) is 75.8 Å². The molecule has 0 saturated carbocycles. The molecule has 2 unspecified atom stereocenters. The van der Waals surface area contributed by atoms with Gasteiger partial charge in [0.25, 0.3) is 0 Å². The Morgan fingerprint density at radius 2 is 2.00 bits per heavy atom. The molecule has 5 N–H and O–H groups in total. The summed E-state index contributed by atoms with van der Waals surface area (Å²) in [5.74, 6) is 0. The van der Waals surface area contributed by atoms with Crippen molar-refractivity contribution in [1.82, 2.24) is 10.3 Å². The summed E-state index contributed by atoms with van der Waals surface area (Å²) in [5, 5.41) is 42.4. The summed E-state index contributed by atoms with van der Waals surface area (Å²) >= 11 is 0. The molecular formula is C8H15N3O7. The molecule has 0 aliphatic carbocycles. The van der Waals surface area contributed by atoms with E-state index in [4.69, 9.17) is 9.84 Å². The maximum absolute atomic E-state index is 11.3. The van der Waals surface area contributed by atoms with E-state index in [1.807, 2.05) is 0 Å². The Kier molecular flexibility index (Phi) is 4.93. The summed E-state index contributed by atoms with van der Waals surface area (Å²) in [6, 6.07) is -2.33. The van der Waals surface area contributed by atoms with Crippen molar-refractivity contribution < 1.29 is 30.0 Å². The van der Waals surface area contributed by atoms with Crippen LogP contribution in [0.1, 0.15) is 0 Å². The highest BCUT2D eigenvalue weighted by atomic mass is 16.6. The summed E-state index contributed by atoms with van der Waals surface area (Å²) in [6.07, 6.45) is -5.84. The first-order chi connectivity index (χ1) is 8.42. The Hall–Kier alpha value is -1.33. The second kappa shape index (κ2) is 6.02. The third kappa shape index (κ3) is 2.91. The number of amides is 2. The van der Waals surface area contributed by atoms with Gasteiger partial charge in [-0.2, -0.15) is 5.01 Å². The molecule has 0 aromatic rings. The van der Waals surface area contributed by atoms with Crippen LogP contribution in [0.4, 0.5) is 4.79 Å². The average molecular weight is 265 g/mol. The highest BCUT2D eigenvalue weighted by Crippen LogP contribution is 2.19. The van der Waals surface area contributed by atoms with E-state index in [0.29, 0.717) is 5.01 Å². The summed E-state index contributed by atoms with van der Waals surface area (Å²) in [5.41, 5.74) is 0. The van der Waals surface area contributed by atoms with Crippen molar-refractivity contribution in [2.75, 3.05) is 13.7 Å². The largest absolute Gasteiger partial charge is 0.394 e. The van der Waals surface area contributed by atoms with E-state index >= 15 is 0 Å². The summed E-state index contributed by atoms with van der Waals surface area (Å²) in [4.78, 5) is 21.4. The second-order valence-electron chi connectivity index (χ2n) is 3.81. The van der Waals surface area contributed by atoms with Crippen molar-refractivity contribution in [3.63, 3.8) is 0 Å². The van der Waals surface area contributed by atoms with Gasteiger partial charge in [0, 0.05) is 7.05 Å². The molecule has 0 aromatic carbocycles. The van der Waals surface area contributed by atoms with Gasteiger partial charge >= 0.3 is 6.03 Å². The minimum absolute atomic E-state index is 0.407. The molecule has 0 radical (unpaired) electrons. The van der Waals surface area contributed by atoms with E-state index in [-0.39, 0.29) is 0 Å². The molecule has 104 valence electrons. The quantitative estimate of drug-likeness (QED) is 0.271. The number of aliphatic hydroxyl groups is 4. The van der Waals surface area contributed by atoms with E-state index < -0.39 is 43.3 Å². The Bertz CT molecular complexity index is 315. The van der Waals surface area contributed by atoms with Gasteiger partial charge < -0.3 is 30.5 Å². The number of carbonyl (C=O) groups excluding carboxylic acids is 1. The number of aliphatic hydroxyl groups excluding tert-OH is 4. The molecule has 1 aliphatic rings. The molecule has 1 rings (SSSR count). The van der Waals surface area contributed by atoms with Gasteiger partial charge in [-0.3, -0.25) is 0 Å². The van der Waals surface area contributed by atoms with E-state index in [1.54, 1.807) is 0 Å². The van der Waals surface area contributed by atoms with Crippen LogP contribution in [0.2, 0.25) is 0 Å². The van der Waals surface area contributed by atoms with Crippen LogP contribution >= 0.6 is 0 Å². The zero-order valence-electron chi connectivity index (χ0n) is 9.50. The lowest BCUT2D eigenvalue weighted by Gasteiger charge is -2.40. The highest BCUT2D eigenvalue weighted by Gasteiger charge is 2.44. The van der Waals surface area contributed by atoms with Gasteiger partial charge in [-0.25, -0.2) is 4.79 Å². The van der Waals surface area contributed by atoms with E-state index in [9.17, 15) is 25.0 Å². The first-order valence-electron chi connectivity index (χ1n) is 5.10. The number of nitrogens with one attached hydrogen (secondary N) is 1. The minimum Gasteiger partial charge on any atom is -0.394 e. The Labute approximate surface area is 102 Å². The van der Waals surface area contributed by atoms with Crippen molar-refractivity contribution in [2.24, 2.45) is 5.29 Å². The van der Waals surface area contributed by atoms with Gasteiger partial charge in [0.15, 0.2) is 6.29 Å². The zero-order valence-corrected chi connectivity index (χ0v) is 9.50. The van der Waals surface area contributed by atoms with Crippen LogP contribution in [0, 0.1) is 4.91 Å². The molecular weight excluding hydrogens is 250 g/mol. The molecule has 1 saturated heterocycles. The molecule has 18 heavy (non-hydrogen) atoms. The number of ether oxygens (including phenoxy) is 1. The van der Waals surface area contributed by atoms with Crippen LogP contribution in [0.25, 0.3) is 0 Å². The Morgan fingerprint density at radius 3 is 2.50 bits per heavy atom. The second-order valence-corrected chi connectivity index (χ2v) is 3.81. The van der Waals surface area contributed by atoms with Gasteiger partial charge in [-0.1, -0.05) is 0 Å². The van der Waals surface area contributed by atoms with E-state index in [2.05, 4.69) is 10.6 Å². The van der Waals surface area contributed by atoms with E-state index in [0.717, 1.165) is 7.05 Å². The number of nitrogens with zero attached hydrogens (tertiary/aromatic N) is 2. The van der Waals surface area contributed by atoms with Crippen molar-refractivity contribution in [1.29, 1.82) is 0 Å². The van der Waals surface area contributed by atoms with Crippen molar-refractivity contribution in [3.05, 3.63) is 4.91 Å². The van der Waals surface area contributed by atoms with Crippen LogP contribution in [0.3, 0.4) is 0 Å². The monoisotopic (exact) mass is 265 g/mol. The molecule has 10 heteroatoms. The molecule has 10 nitrogen and oxygen atoms in total. The molecule has 1 aliphatic heterocycles. The molecule has 0 bridgehead atoms. The standard InChI is InChI=1S/C8H15N3O7/c1-11(10-17)8(16)9-4-6(14)5(13)3(2-12)18-7(4)15/h3-7,12-15H,2H2,1H3,(H,9,16)/t3?,4-,5+,6+,7?/m0/s1. The fourth-order valence-corrected chi connectivity index (χ4v) is 1.53. The fraction of sp³-hybridized carbons (Fsp3) is 0.875. The van der Waals surface area contributed by atoms with Crippen molar-refractivity contribution in [2.45, 2.75) is 30.6 Å². The lowest BCUT2D eigenvalue weighted by atomic mass is 9.97. The summed E-state index contributed by atoms with van der Waals surface area (Å²) in [6.45, 7) is -0.605. The fourth-order valence-electron chi connectivity index (χ4n) is 1.53. The van der Waals surface area contributed by atoms with Crippen LogP contribution in [0.15, 0.2) is 5.29 Å². The smallest absolute Gasteiger partial charge is 0.340 e. The zero-order chi connectivity index (χ0) is 13.9. The predicted octanol–water partition coefficient (Wildman–Crippen LogP) is -2.89. The lowest BCUT2D eigenvalue weighted by molar-refractivity contribution is -0.252. The topological polar surface area (TPSA) is 152 Å². The third-order valence-electron chi connectivity index (χ3n) is 2.61. The maximum atomic E-state index is 11.3. The third-order valence-corrected chi connectivity index (χ3v) is 2.61. The number of hydrogen-bond acceptors (Lipinski definition) is 8. The molecule has 0 spiro atoms. The molecule has 2 amide bonds. The van der Waals surface area contributed by atoms with Crippen molar-refractivity contribution in [3.8, 4) is 0 Å². The molecule has 1 heterocycles. The number of urea groups is 1. The predicted molar refractivity (Wildman–Crippen MR) is 55.9 cm³/mol. The minimum atomic E-state index is -1.63. The molecule has 1 fully saturated rings.